The molecule has 0 aliphatic heterocycles. The number of halogens is 1. The standard InChI is InChI=1S/C12H19BrOSi/c1-15(2,3)14-9-8-11-4-6-12(10-13)7-5-11/h4-7H,8-10H2,1-3H3. The molecule has 0 saturated carbocycles. The zero-order valence-electron chi connectivity index (χ0n) is 9.72. The number of hydrogen-bond donors (Lipinski definition) is 0. The second-order valence-corrected chi connectivity index (χ2v) is 9.74. The van der Waals surface area contributed by atoms with Crippen molar-refractivity contribution in [2.45, 2.75) is 31.4 Å². The molecule has 0 radical (unpaired) electrons. The highest BCUT2D eigenvalue weighted by molar-refractivity contribution is 9.08. The second kappa shape index (κ2) is 5.82. The lowest BCUT2D eigenvalue weighted by atomic mass is 10.1. The Labute approximate surface area is 102 Å². The highest BCUT2D eigenvalue weighted by Gasteiger charge is 2.13. The van der Waals surface area contributed by atoms with Gasteiger partial charge in [-0.3, -0.25) is 0 Å². The van der Waals surface area contributed by atoms with E-state index in [1.807, 2.05) is 0 Å². The summed E-state index contributed by atoms with van der Waals surface area (Å²) in [5.41, 5.74) is 2.68. The van der Waals surface area contributed by atoms with Gasteiger partial charge in [0.2, 0.25) is 0 Å². The Bertz CT molecular complexity index is 289. The molecule has 0 fully saturated rings. The molecule has 3 heteroatoms. The molecule has 0 aliphatic rings. The first-order valence-corrected chi connectivity index (χ1v) is 9.82. The van der Waals surface area contributed by atoms with Gasteiger partial charge in [-0.25, -0.2) is 0 Å². The van der Waals surface area contributed by atoms with Crippen LogP contribution in [0.1, 0.15) is 11.1 Å². The van der Waals surface area contributed by atoms with Gasteiger partial charge in [0.15, 0.2) is 8.32 Å². The average Bonchev–Trinajstić information content (AvgIpc) is 2.17. The summed E-state index contributed by atoms with van der Waals surface area (Å²) in [6.07, 6.45) is 1.02. The molecule has 1 aromatic carbocycles. The molecule has 0 aromatic heterocycles. The van der Waals surface area contributed by atoms with Crippen LogP contribution in [0.25, 0.3) is 0 Å². The molecule has 0 heterocycles. The summed E-state index contributed by atoms with van der Waals surface area (Å²) in [7, 11) is -1.34. The molecule has 15 heavy (non-hydrogen) atoms. The van der Waals surface area contributed by atoms with Gasteiger partial charge < -0.3 is 4.43 Å². The van der Waals surface area contributed by atoms with Crippen LogP contribution in [0.3, 0.4) is 0 Å². The first kappa shape index (κ1) is 12.9. The molecule has 0 N–H and O–H groups in total. The molecule has 1 aromatic rings. The number of hydrogen-bond acceptors (Lipinski definition) is 1. The molecular formula is C12H19BrOSi. The Kier molecular flexibility index (Phi) is 5.03. The molecule has 0 amide bonds. The van der Waals surface area contributed by atoms with E-state index in [0.29, 0.717) is 0 Å². The maximum atomic E-state index is 5.82. The molecule has 0 atom stereocenters. The Morgan fingerprint density at radius 2 is 1.60 bits per heavy atom. The van der Waals surface area contributed by atoms with E-state index in [-0.39, 0.29) is 0 Å². The summed E-state index contributed by atoms with van der Waals surface area (Å²) in [5, 5.41) is 0.929. The Balaban J connectivity index is 2.38. The fourth-order valence-electron chi connectivity index (χ4n) is 1.27. The van der Waals surface area contributed by atoms with Crippen LogP contribution in [0.5, 0.6) is 0 Å². The van der Waals surface area contributed by atoms with Crippen LogP contribution in [0.4, 0.5) is 0 Å². The van der Waals surface area contributed by atoms with E-state index >= 15 is 0 Å². The molecule has 0 saturated heterocycles. The average molecular weight is 287 g/mol. The van der Waals surface area contributed by atoms with Crippen LogP contribution in [-0.4, -0.2) is 14.9 Å². The molecule has 84 valence electrons. The van der Waals surface area contributed by atoms with E-state index in [2.05, 4.69) is 59.8 Å². The summed E-state index contributed by atoms with van der Waals surface area (Å²) in [4.78, 5) is 0. The zero-order valence-corrected chi connectivity index (χ0v) is 12.3. The van der Waals surface area contributed by atoms with Crippen molar-refractivity contribution < 1.29 is 4.43 Å². The zero-order chi connectivity index (χ0) is 11.3. The van der Waals surface area contributed by atoms with E-state index < -0.39 is 8.32 Å². The van der Waals surface area contributed by atoms with Crippen molar-refractivity contribution in [3.8, 4) is 0 Å². The molecule has 0 aliphatic carbocycles. The highest BCUT2D eigenvalue weighted by atomic mass is 79.9. The van der Waals surface area contributed by atoms with Crippen molar-refractivity contribution in [2.75, 3.05) is 6.61 Å². The Morgan fingerprint density at radius 1 is 1.07 bits per heavy atom. The van der Waals surface area contributed by atoms with Gasteiger partial charge in [0.05, 0.1) is 0 Å². The minimum Gasteiger partial charge on any atom is -0.417 e. The summed E-state index contributed by atoms with van der Waals surface area (Å²) in [6.45, 7) is 7.52. The van der Waals surface area contributed by atoms with Crippen molar-refractivity contribution in [1.82, 2.24) is 0 Å². The van der Waals surface area contributed by atoms with Gasteiger partial charge in [-0.15, -0.1) is 0 Å². The van der Waals surface area contributed by atoms with Crippen LogP contribution in [-0.2, 0) is 16.2 Å². The topological polar surface area (TPSA) is 9.23 Å². The number of benzene rings is 1. The fraction of sp³-hybridized carbons (Fsp3) is 0.500. The van der Waals surface area contributed by atoms with Crippen molar-refractivity contribution in [3.05, 3.63) is 35.4 Å². The van der Waals surface area contributed by atoms with Crippen LogP contribution < -0.4 is 0 Å². The van der Waals surface area contributed by atoms with Gasteiger partial charge in [0.25, 0.3) is 0 Å². The summed E-state index contributed by atoms with van der Waals surface area (Å²) < 4.78 is 5.82. The predicted octanol–water partition coefficient (Wildman–Crippen LogP) is 3.98. The summed E-state index contributed by atoms with van der Waals surface area (Å²) in [5.74, 6) is 0. The molecule has 1 nitrogen and oxygen atoms in total. The lowest BCUT2D eigenvalue weighted by molar-refractivity contribution is 0.316. The molecular weight excluding hydrogens is 268 g/mol. The van der Waals surface area contributed by atoms with Gasteiger partial charge in [0, 0.05) is 11.9 Å². The lowest BCUT2D eigenvalue weighted by Gasteiger charge is -2.16. The van der Waals surface area contributed by atoms with Crippen molar-refractivity contribution in [3.63, 3.8) is 0 Å². The van der Waals surface area contributed by atoms with Gasteiger partial charge in [-0.2, -0.15) is 0 Å². The lowest BCUT2D eigenvalue weighted by Crippen LogP contribution is -2.26. The van der Waals surface area contributed by atoms with Crippen molar-refractivity contribution in [2.24, 2.45) is 0 Å². The van der Waals surface area contributed by atoms with E-state index in [0.717, 1.165) is 18.4 Å². The van der Waals surface area contributed by atoms with Crippen LogP contribution in [0, 0.1) is 0 Å². The fourth-order valence-corrected chi connectivity index (χ4v) is 2.36. The Hall–Kier alpha value is -0.123. The van der Waals surface area contributed by atoms with Gasteiger partial charge in [-0.05, 0) is 37.2 Å². The van der Waals surface area contributed by atoms with Crippen LogP contribution >= 0.6 is 15.9 Å². The normalized spacial score (nSPS) is 11.7. The minimum atomic E-state index is -1.34. The third kappa shape index (κ3) is 5.49. The first-order chi connectivity index (χ1) is 7.01. The summed E-state index contributed by atoms with van der Waals surface area (Å²) >= 11 is 3.44. The first-order valence-electron chi connectivity index (χ1n) is 5.29. The Morgan fingerprint density at radius 3 is 2.07 bits per heavy atom. The van der Waals surface area contributed by atoms with Gasteiger partial charge in [0.1, 0.15) is 0 Å². The van der Waals surface area contributed by atoms with Crippen LogP contribution in [0.15, 0.2) is 24.3 Å². The van der Waals surface area contributed by atoms with Crippen molar-refractivity contribution >= 4 is 24.2 Å². The SMILES string of the molecule is C[Si](C)(C)OCCc1ccc(CBr)cc1. The van der Waals surface area contributed by atoms with E-state index in [1.165, 1.54) is 11.1 Å². The molecule has 0 bridgehead atoms. The number of rotatable bonds is 5. The third-order valence-corrected chi connectivity index (χ3v) is 3.82. The van der Waals surface area contributed by atoms with Crippen molar-refractivity contribution in [1.29, 1.82) is 0 Å². The maximum Gasteiger partial charge on any atom is 0.183 e. The van der Waals surface area contributed by atoms with Gasteiger partial charge >= 0.3 is 0 Å². The van der Waals surface area contributed by atoms with E-state index in [1.54, 1.807) is 0 Å². The monoisotopic (exact) mass is 286 g/mol. The minimum absolute atomic E-state index is 0.851. The molecule has 0 spiro atoms. The van der Waals surface area contributed by atoms with E-state index in [4.69, 9.17) is 4.43 Å². The highest BCUT2D eigenvalue weighted by Crippen LogP contribution is 2.09. The smallest absolute Gasteiger partial charge is 0.183 e. The molecule has 1 rings (SSSR count). The van der Waals surface area contributed by atoms with Gasteiger partial charge in [-0.1, -0.05) is 40.2 Å². The largest absolute Gasteiger partial charge is 0.417 e. The van der Waals surface area contributed by atoms with Crippen LogP contribution in [0.2, 0.25) is 19.6 Å². The quantitative estimate of drug-likeness (QED) is 0.588. The second-order valence-electron chi connectivity index (χ2n) is 4.66. The molecule has 0 unspecified atom stereocenters. The third-order valence-electron chi connectivity index (χ3n) is 2.10. The summed E-state index contributed by atoms with van der Waals surface area (Å²) in [6, 6.07) is 8.70. The maximum absolute atomic E-state index is 5.82. The van der Waals surface area contributed by atoms with E-state index in [9.17, 15) is 0 Å². The predicted molar refractivity (Wildman–Crippen MR) is 72.1 cm³/mol. The number of alkyl halides is 1.